The van der Waals surface area contributed by atoms with Gasteiger partial charge in [0.1, 0.15) is 0 Å². The molecule has 1 heterocycles. The monoisotopic (exact) mass is 517 g/mol. The van der Waals surface area contributed by atoms with Gasteiger partial charge in [0.25, 0.3) is 0 Å². The zero-order valence-electron chi connectivity index (χ0n) is 14.4. The normalized spacial score (nSPS) is 15.4. The zero-order chi connectivity index (χ0) is 16.8. The Labute approximate surface area is 174 Å². The summed E-state index contributed by atoms with van der Waals surface area (Å²) >= 11 is 3.57. The van der Waals surface area contributed by atoms with Gasteiger partial charge in [-0.05, 0) is 37.5 Å². The fourth-order valence-electron chi connectivity index (χ4n) is 2.80. The first-order chi connectivity index (χ1) is 11.7. The highest BCUT2D eigenvalue weighted by molar-refractivity contribution is 14.0. The molecule has 1 saturated carbocycles. The molecule has 25 heavy (non-hydrogen) atoms. The van der Waals surface area contributed by atoms with Gasteiger partial charge < -0.3 is 15.2 Å². The molecule has 2 aromatic rings. The molecule has 1 aromatic heterocycles. The van der Waals surface area contributed by atoms with Crippen LogP contribution in [0.3, 0.4) is 0 Å². The zero-order valence-corrected chi connectivity index (χ0v) is 18.3. The van der Waals surface area contributed by atoms with Crippen molar-refractivity contribution >= 4 is 45.9 Å². The van der Waals surface area contributed by atoms with Crippen molar-refractivity contribution in [1.29, 1.82) is 0 Å². The lowest BCUT2D eigenvalue weighted by molar-refractivity contribution is 0.653. The molecular formula is C18H25BrIN5. The smallest absolute Gasteiger partial charge is 0.191 e. The van der Waals surface area contributed by atoms with Crippen molar-refractivity contribution in [1.82, 2.24) is 20.2 Å². The Hall–Kier alpha value is -1.09. The third-order valence-corrected chi connectivity index (χ3v) is 4.89. The fourth-order valence-corrected chi connectivity index (χ4v) is 3.20. The first kappa shape index (κ1) is 20.2. The maximum absolute atomic E-state index is 4.83. The van der Waals surface area contributed by atoms with Crippen LogP contribution in [0.5, 0.6) is 0 Å². The first-order valence-electron chi connectivity index (χ1n) is 8.46. The number of guanidine groups is 1. The Balaban J connectivity index is 0.00000225. The van der Waals surface area contributed by atoms with E-state index in [1.165, 1.54) is 18.4 Å². The lowest BCUT2D eigenvalue weighted by Crippen LogP contribution is -2.39. The summed E-state index contributed by atoms with van der Waals surface area (Å²) in [4.78, 5) is 8.89. The molecule has 0 amide bonds. The van der Waals surface area contributed by atoms with Crippen molar-refractivity contribution in [3.8, 4) is 0 Å². The molecule has 7 heteroatoms. The van der Waals surface area contributed by atoms with Crippen molar-refractivity contribution in [2.75, 3.05) is 19.6 Å². The molecule has 2 N–H and O–H groups in total. The summed E-state index contributed by atoms with van der Waals surface area (Å²) in [6.07, 6.45) is 8.02. The van der Waals surface area contributed by atoms with Gasteiger partial charge in [0.15, 0.2) is 5.96 Å². The molecular weight excluding hydrogens is 493 g/mol. The maximum atomic E-state index is 4.83. The van der Waals surface area contributed by atoms with Crippen LogP contribution in [0.2, 0.25) is 0 Å². The quantitative estimate of drug-likeness (QED) is 0.335. The van der Waals surface area contributed by atoms with E-state index in [9.17, 15) is 0 Å². The Kier molecular flexibility index (Phi) is 7.74. The summed E-state index contributed by atoms with van der Waals surface area (Å²) < 4.78 is 3.20. The molecule has 1 aliphatic rings. The van der Waals surface area contributed by atoms with E-state index in [4.69, 9.17) is 4.99 Å². The molecule has 3 rings (SSSR count). The summed E-state index contributed by atoms with van der Waals surface area (Å²) in [7, 11) is 0. The minimum atomic E-state index is 0. The summed E-state index contributed by atoms with van der Waals surface area (Å²) in [5.41, 5.74) is 1.60. The SMILES string of the molecule is CCNC(=NCC1(c2cccc(Br)c2)CC1)NCCn1ccnc1.I. The first-order valence-corrected chi connectivity index (χ1v) is 9.25. The van der Waals surface area contributed by atoms with Gasteiger partial charge in [0.05, 0.1) is 12.9 Å². The summed E-state index contributed by atoms with van der Waals surface area (Å²) in [6.45, 7) is 5.48. The Bertz CT molecular complexity index is 683. The number of aliphatic imine (C=N–C) groups is 1. The summed E-state index contributed by atoms with van der Waals surface area (Å²) in [5, 5.41) is 6.73. The molecule has 0 atom stereocenters. The number of benzene rings is 1. The second-order valence-electron chi connectivity index (χ2n) is 6.21. The fraction of sp³-hybridized carbons (Fsp3) is 0.444. The Morgan fingerprint density at radius 2 is 2.20 bits per heavy atom. The van der Waals surface area contributed by atoms with Crippen LogP contribution < -0.4 is 10.6 Å². The lowest BCUT2D eigenvalue weighted by atomic mass is 9.96. The van der Waals surface area contributed by atoms with E-state index in [1.54, 1.807) is 6.20 Å². The minimum Gasteiger partial charge on any atom is -0.357 e. The van der Waals surface area contributed by atoms with Gasteiger partial charge in [0.2, 0.25) is 0 Å². The van der Waals surface area contributed by atoms with Gasteiger partial charge in [-0.25, -0.2) is 4.98 Å². The van der Waals surface area contributed by atoms with Crippen LogP contribution in [-0.4, -0.2) is 35.1 Å². The van der Waals surface area contributed by atoms with E-state index >= 15 is 0 Å². The molecule has 0 saturated heterocycles. The van der Waals surface area contributed by atoms with Crippen molar-refractivity contribution in [2.45, 2.75) is 31.7 Å². The van der Waals surface area contributed by atoms with Crippen LogP contribution in [-0.2, 0) is 12.0 Å². The summed E-state index contributed by atoms with van der Waals surface area (Å²) in [5.74, 6) is 0.888. The number of hydrogen-bond acceptors (Lipinski definition) is 2. The minimum absolute atomic E-state index is 0. The standard InChI is InChI=1S/C18H24BrN5.HI/c1-2-21-17(22-9-11-24-10-8-20-14-24)23-13-18(6-7-18)15-4-3-5-16(19)12-15;/h3-5,8,10,12,14H,2,6-7,9,11,13H2,1H3,(H2,21,22,23);1H. The highest BCUT2D eigenvalue weighted by Gasteiger charge is 2.44. The van der Waals surface area contributed by atoms with E-state index in [-0.39, 0.29) is 29.4 Å². The topological polar surface area (TPSA) is 54.2 Å². The molecule has 0 bridgehead atoms. The van der Waals surface area contributed by atoms with Gasteiger partial charge in [-0.1, -0.05) is 28.1 Å². The third-order valence-electron chi connectivity index (χ3n) is 4.40. The highest BCUT2D eigenvalue weighted by atomic mass is 127. The van der Waals surface area contributed by atoms with Gasteiger partial charge in [0, 0.05) is 41.9 Å². The molecule has 1 aliphatic carbocycles. The average molecular weight is 518 g/mol. The largest absolute Gasteiger partial charge is 0.357 e. The number of halogens is 2. The van der Waals surface area contributed by atoms with Crippen LogP contribution in [0.4, 0.5) is 0 Å². The van der Waals surface area contributed by atoms with Crippen LogP contribution in [0.15, 0.2) is 52.5 Å². The van der Waals surface area contributed by atoms with Crippen LogP contribution in [0.25, 0.3) is 0 Å². The van der Waals surface area contributed by atoms with Crippen LogP contribution in [0.1, 0.15) is 25.3 Å². The van der Waals surface area contributed by atoms with E-state index in [0.717, 1.165) is 36.6 Å². The number of rotatable bonds is 7. The van der Waals surface area contributed by atoms with Crippen LogP contribution in [0, 0.1) is 0 Å². The molecule has 0 spiro atoms. The van der Waals surface area contributed by atoms with Crippen molar-refractivity contribution < 1.29 is 0 Å². The van der Waals surface area contributed by atoms with Gasteiger partial charge >= 0.3 is 0 Å². The molecule has 1 aromatic carbocycles. The second kappa shape index (κ2) is 9.56. The second-order valence-corrected chi connectivity index (χ2v) is 7.13. The molecule has 0 unspecified atom stereocenters. The Morgan fingerprint density at radius 1 is 1.36 bits per heavy atom. The number of nitrogens with one attached hydrogen (secondary N) is 2. The van der Waals surface area contributed by atoms with E-state index in [1.807, 2.05) is 12.5 Å². The van der Waals surface area contributed by atoms with E-state index in [0.29, 0.717) is 0 Å². The van der Waals surface area contributed by atoms with Crippen molar-refractivity contribution in [3.05, 3.63) is 53.0 Å². The predicted molar refractivity (Wildman–Crippen MR) is 117 cm³/mol. The average Bonchev–Trinajstić information content (AvgIpc) is 3.20. The predicted octanol–water partition coefficient (Wildman–Crippen LogP) is 3.55. The Morgan fingerprint density at radius 3 is 2.84 bits per heavy atom. The number of aromatic nitrogens is 2. The van der Waals surface area contributed by atoms with Gasteiger partial charge in [-0.3, -0.25) is 4.99 Å². The molecule has 136 valence electrons. The van der Waals surface area contributed by atoms with Gasteiger partial charge in [-0.15, -0.1) is 24.0 Å². The van der Waals surface area contributed by atoms with Gasteiger partial charge in [-0.2, -0.15) is 0 Å². The highest BCUT2D eigenvalue weighted by Crippen LogP contribution is 2.48. The maximum Gasteiger partial charge on any atom is 0.191 e. The van der Waals surface area contributed by atoms with Crippen molar-refractivity contribution in [2.24, 2.45) is 4.99 Å². The van der Waals surface area contributed by atoms with Crippen LogP contribution >= 0.6 is 39.9 Å². The molecule has 0 radical (unpaired) electrons. The summed E-state index contributed by atoms with van der Waals surface area (Å²) in [6, 6.07) is 8.62. The number of hydrogen-bond donors (Lipinski definition) is 2. The van der Waals surface area contributed by atoms with Crippen molar-refractivity contribution in [3.63, 3.8) is 0 Å². The lowest BCUT2D eigenvalue weighted by Gasteiger charge is -2.16. The number of nitrogens with zero attached hydrogens (tertiary/aromatic N) is 3. The molecule has 0 aliphatic heterocycles. The molecule has 1 fully saturated rings. The van der Waals surface area contributed by atoms with E-state index < -0.39 is 0 Å². The molecule has 5 nitrogen and oxygen atoms in total. The third kappa shape index (κ3) is 5.70. The van der Waals surface area contributed by atoms with E-state index in [2.05, 4.69) is 67.3 Å². The number of imidazole rings is 1.